The highest BCUT2D eigenvalue weighted by Gasteiger charge is 2.41. The van der Waals surface area contributed by atoms with Crippen molar-refractivity contribution in [1.82, 2.24) is 10.2 Å². The second-order valence-corrected chi connectivity index (χ2v) is 6.23. The van der Waals surface area contributed by atoms with Crippen molar-refractivity contribution in [3.05, 3.63) is 0 Å². The van der Waals surface area contributed by atoms with E-state index in [0.29, 0.717) is 25.9 Å². The van der Waals surface area contributed by atoms with Gasteiger partial charge in [0.15, 0.2) is 0 Å². The molecule has 1 saturated heterocycles. The van der Waals surface area contributed by atoms with Crippen molar-refractivity contribution in [1.29, 1.82) is 0 Å². The number of carboxylic acids is 1. The molecular formula is C14H24N2O4. The summed E-state index contributed by atoms with van der Waals surface area (Å²) in [5, 5.41) is 21.9. The lowest BCUT2D eigenvalue weighted by atomic mass is 9.86. The first-order valence-electron chi connectivity index (χ1n) is 7.39. The molecule has 114 valence electrons. The molecule has 1 saturated carbocycles. The first-order valence-corrected chi connectivity index (χ1v) is 7.39. The van der Waals surface area contributed by atoms with Crippen molar-refractivity contribution in [3.63, 3.8) is 0 Å². The first-order chi connectivity index (χ1) is 9.44. The summed E-state index contributed by atoms with van der Waals surface area (Å²) in [5.74, 6) is -0.609. The van der Waals surface area contributed by atoms with Crippen LogP contribution >= 0.6 is 0 Å². The van der Waals surface area contributed by atoms with Crippen LogP contribution in [0.2, 0.25) is 0 Å². The summed E-state index contributed by atoms with van der Waals surface area (Å²) in [4.78, 5) is 25.1. The van der Waals surface area contributed by atoms with E-state index in [0.717, 1.165) is 19.3 Å². The number of amides is 2. The summed E-state index contributed by atoms with van der Waals surface area (Å²) in [6.45, 7) is 3.10. The van der Waals surface area contributed by atoms with Gasteiger partial charge in [-0.25, -0.2) is 4.79 Å². The van der Waals surface area contributed by atoms with Crippen molar-refractivity contribution < 1.29 is 19.8 Å². The quantitative estimate of drug-likeness (QED) is 0.722. The Morgan fingerprint density at radius 3 is 2.55 bits per heavy atom. The number of carbonyl (C=O) groups excluding carboxylic acids is 1. The van der Waals surface area contributed by atoms with Gasteiger partial charge >= 0.3 is 12.0 Å². The standard InChI is InChI=1S/C14H24N2O4/c1-10-4-7-16(8-11(10)17)13(20)15-9-14(12(18)19)5-2-3-6-14/h10-11,17H,2-9H2,1H3,(H,15,20)(H,18,19). The van der Waals surface area contributed by atoms with E-state index in [9.17, 15) is 19.8 Å². The lowest BCUT2D eigenvalue weighted by molar-refractivity contribution is -0.148. The maximum absolute atomic E-state index is 12.1. The van der Waals surface area contributed by atoms with Crippen molar-refractivity contribution >= 4 is 12.0 Å². The van der Waals surface area contributed by atoms with Crippen LogP contribution in [0.3, 0.4) is 0 Å². The van der Waals surface area contributed by atoms with Gasteiger partial charge < -0.3 is 20.4 Å². The fraction of sp³-hybridized carbons (Fsp3) is 0.857. The fourth-order valence-electron chi connectivity index (χ4n) is 3.11. The van der Waals surface area contributed by atoms with Gasteiger partial charge in [-0.2, -0.15) is 0 Å². The Labute approximate surface area is 119 Å². The van der Waals surface area contributed by atoms with Gasteiger partial charge in [0.1, 0.15) is 0 Å². The Balaban J connectivity index is 1.87. The number of β-amino-alcohol motifs (C(OH)–C–C–N with tert-alkyl or cyclic N) is 1. The number of hydrogen-bond acceptors (Lipinski definition) is 3. The average Bonchev–Trinajstić information content (AvgIpc) is 2.89. The lowest BCUT2D eigenvalue weighted by Gasteiger charge is -2.35. The van der Waals surface area contributed by atoms with Gasteiger partial charge in [-0.05, 0) is 25.2 Å². The van der Waals surface area contributed by atoms with E-state index in [1.807, 2.05) is 6.92 Å². The maximum atomic E-state index is 12.1. The molecule has 0 aromatic carbocycles. The third-order valence-electron chi connectivity index (χ3n) is 4.80. The van der Waals surface area contributed by atoms with Gasteiger partial charge in [0.25, 0.3) is 0 Å². The zero-order chi connectivity index (χ0) is 14.8. The minimum atomic E-state index is -0.817. The molecule has 3 N–H and O–H groups in total. The first kappa shape index (κ1) is 15.1. The van der Waals surface area contributed by atoms with Gasteiger partial charge in [0, 0.05) is 19.6 Å². The number of aliphatic hydroxyl groups is 1. The SMILES string of the molecule is CC1CCN(C(=O)NCC2(C(=O)O)CCCC2)CC1O. The molecule has 2 fully saturated rings. The zero-order valence-corrected chi connectivity index (χ0v) is 12.0. The Morgan fingerprint density at radius 1 is 1.35 bits per heavy atom. The highest BCUT2D eigenvalue weighted by atomic mass is 16.4. The Hall–Kier alpha value is -1.30. The monoisotopic (exact) mass is 284 g/mol. The summed E-state index contributed by atoms with van der Waals surface area (Å²) in [7, 11) is 0. The minimum Gasteiger partial charge on any atom is -0.481 e. The molecule has 1 heterocycles. The second kappa shape index (κ2) is 5.99. The number of carbonyl (C=O) groups is 2. The number of rotatable bonds is 3. The van der Waals surface area contributed by atoms with Crippen LogP contribution in [-0.4, -0.2) is 52.9 Å². The van der Waals surface area contributed by atoms with Gasteiger partial charge in [0.05, 0.1) is 11.5 Å². The Kier molecular flexibility index (Phi) is 4.52. The molecule has 0 aromatic heterocycles. The number of urea groups is 1. The van der Waals surface area contributed by atoms with Crippen LogP contribution in [0.1, 0.15) is 39.0 Å². The molecule has 2 amide bonds. The Morgan fingerprint density at radius 2 is 2.00 bits per heavy atom. The summed E-state index contributed by atoms with van der Waals surface area (Å²) in [6.07, 6.45) is 3.35. The average molecular weight is 284 g/mol. The zero-order valence-electron chi connectivity index (χ0n) is 12.0. The van der Waals surface area contributed by atoms with Crippen LogP contribution in [0.4, 0.5) is 4.79 Å². The van der Waals surface area contributed by atoms with E-state index >= 15 is 0 Å². The predicted molar refractivity (Wildman–Crippen MR) is 73.3 cm³/mol. The third-order valence-corrected chi connectivity index (χ3v) is 4.80. The number of nitrogens with one attached hydrogen (secondary N) is 1. The van der Waals surface area contributed by atoms with E-state index in [1.54, 1.807) is 4.90 Å². The van der Waals surface area contributed by atoms with Gasteiger partial charge in [0.2, 0.25) is 0 Å². The molecule has 0 aromatic rings. The molecule has 0 radical (unpaired) electrons. The number of aliphatic carboxylic acids is 1. The molecule has 1 aliphatic carbocycles. The fourth-order valence-corrected chi connectivity index (χ4v) is 3.11. The van der Waals surface area contributed by atoms with Crippen LogP contribution in [0, 0.1) is 11.3 Å². The molecule has 6 heteroatoms. The van der Waals surface area contributed by atoms with E-state index in [4.69, 9.17) is 0 Å². The summed E-state index contributed by atoms with van der Waals surface area (Å²) in [6, 6.07) is -0.261. The molecule has 2 unspecified atom stereocenters. The minimum absolute atomic E-state index is 0.184. The van der Waals surface area contributed by atoms with E-state index < -0.39 is 17.5 Å². The molecule has 2 rings (SSSR count). The van der Waals surface area contributed by atoms with Gasteiger partial charge in [-0.15, -0.1) is 0 Å². The van der Waals surface area contributed by atoms with Crippen molar-refractivity contribution in [2.45, 2.75) is 45.1 Å². The highest BCUT2D eigenvalue weighted by Crippen LogP contribution is 2.37. The van der Waals surface area contributed by atoms with Crippen LogP contribution in [-0.2, 0) is 4.79 Å². The molecule has 2 atom stereocenters. The topological polar surface area (TPSA) is 89.9 Å². The molecular weight excluding hydrogens is 260 g/mol. The van der Waals surface area contributed by atoms with E-state index in [2.05, 4.69) is 5.32 Å². The number of piperidine rings is 1. The number of carboxylic acid groups (broad SMARTS) is 1. The van der Waals surface area contributed by atoms with Crippen LogP contribution < -0.4 is 5.32 Å². The number of hydrogen-bond donors (Lipinski definition) is 3. The number of likely N-dealkylation sites (tertiary alicyclic amines) is 1. The van der Waals surface area contributed by atoms with Crippen molar-refractivity contribution in [3.8, 4) is 0 Å². The lowest BCUT2D eigenvalue weighted by Crippen LogP contribution is -2.52. The van der Waals surface area contributed by atoms with Crippen LogP contribution in [0.5, 0.6) is 0 Å². The predicted octanol–water partition coefficient (Wildman–Crippen LogP) is 1.04. The number of aliphatic hydroxyl groups excluding tert-OH is 1. The number of nitrogens with zero attached hydrogens (tertiary/aromatic N) is 1. The highest BCUT2D eigenvalue weighted by molar-refractivity contribution is 5.78. The van der Waals surface area contributed by atoms with Crippen LogP contribution in [0.15, 0.2) is 0 Å². The largest absolute Gasteiger partial charge is 0.481 e. The summed E-state index contributed by atoms with van der Waals surface area (Å²) in [5.41, 5.74) is -0.794. The van der Waals surface area contributed by atoms with Gasteiger partial charge in [-0.3, -0.25) is 4.79 Å². The molecule has 6 nitrogen and oxygen atoms in total. The van der Waals surface area contributed by atoms with Gasteiger partial charge in [-0.1, -0.05) is 19.8 Å². The molecule has 1 aliphatic heterocycles. The smallest absolute Gasteiger partial charge is 0.317 e. The van der Waals surface area contributed by atoms with Crippen LogP contribution in [0.25, 0.3) is 0 Å². The third kappa shape index (κ3) is 3.06. The molecule has 0 spiro atoms. The van der Waals surface area contributed by atoms with Crippen molar-refractivity contribution in [2.75, 3.05) is 19.6 Å². The molecule has 0 bridgehead atoms. The molecule has 20 heavy (non-hydrogen) atoms. The molecule has 2 aliphatic rings. The Bertz CT molecular complexity index is 379. The normalized spacial score (nSPS) is 29.2. The summed E-state index contributed by atoms with van der Waals surface area (Å²) < 4.78 is 0. The summed E-state index contributed by atoms with van der Waals surface area (Å²) >= 11 is 0. The van der Waals surface area contributed by atoms with Crippen molar-refractivity contribution in [2.24, 2.45) is 11.3 Å². The maximum Gasteiger partial charge on any atom is 0.317 e. The second-order valence-electron chi connectivity index (χ2n) is 6.23. The van der Waals surface area contributed by atoms with E-state index in [-0.39, 0.29) is 18.5 Å². The van der Waals surface area contributed by atoms with E-state index in [1.165, 1.54) is 0 Å².